The average molecular weight is 233 g/mol. The van der Waals surface area contributed by atoms with Gasteiger partial charge in [-0.15, -0.1) is 0 Å². The zero-order valence-corrected chi connectivity index (χ0v) is 10.3. The predicted octanol–water partition coefficient (Wildman–Crippen LogP) is 1.84. The van der Waals surface area contributed by atoms with Crippen LogP contribution in [0, 0.1) is 0 Å². The first-order valence-electron chi connectivity index (χ1n) is 5.99. The molecule has 0 aliphatic rings. The maximum absolute atomic E-state index is 5.52. The maximum Gasteiger partial charge on any atom is 0.179 e. The molecule has 0 bridgehead atoms. The highest BCUT2D eigenvalue weighted by Crippen LogP contribution is 2.21. The molecule has 17 heavy (non-hydrogen) atoms. The van der Waals surface area contributed by atoms with Crippen molar-refractivity contribution < 1.29 is 0 Å². The highest BCUT2D eigenvalue weighted by Gasteiger charge is 2.11. The summed E-state index contributed by atoms with van der Waals surface area (Å²) in [6.07, 6.45) is 2.07. The lowest BCUT2D eigenvalue weighted by Gasteiger charge is -2.05. The number of anilines is 1. The van der Waals surface area contributed by atoms with Crippen LogP contribution >= 0.6 is 0 Å². The molecule has 2 rings (SSSR count). The topological polar surface area (TPSA) is 79.6 Å². The molecule has 92 valence electrons. The highest BCUT2D eigenvalue weighted by atomic mass is 15.0. The number of pyridine rings is 1. The van der Waals surface area contributed by atoms with Crippen molar-refractivity contribution >= 4 is 17.0 Å². The summed E-state index contributed by atoms with van der Waals surface area (Å²) in [5.74, 6) is 2.23. The molecule has 2 aromatic heterocycles. The summed E-state index contributed by atoms with van der Waals surface area (Å²) >= 11 is 0. The quantitative estimate of drug-likeness (QED) is 0.736. The number of fused-ring (bicyclic) bond motifs is 1. The van der Waals surface area contributed by atoms with Gasteiger partial charge in [-0.25, -0.2) is 9.97 Å². The van der Waals surface area contributed by atoms with Gasteiger partial charge in [0.25, 0.3) is 0 Å². The highest BCUT2D eigenvalue weighted by molar-refractivity contribution is 5.72. The molecule has 0 fully saturated rings. The summed E-state index contributed by atoms with van der Waals surface area (Å²) in [5, 5.41) is 3.01. The van der Waals surface area contributed by atoms with Crippen molar-refractivity contribution in [3.8, 4) is 0 Å². The third kappa shape index (κ3) is 2.55. The van der Waals surface area contributed by atoms with E-state index in [2.05, 4.69) is 27.2 Å². The third-order valence-corrected chi connectivity index (χ3v) is 2.93. The Morgan fingerprint density at radius 1 is 1.41 bits per heavy atom. The summed E-state index contributed by atoms with van der Waals surface area (Å²) in [5.41, 5.74) is 7.27. The molecule has 2 heterocycles. The summed E-state index contributed by atoms with van der Waals surface area (Å²) in [7, 11) is 1.85. The Morgan fingerprint density at radius 2 is 2.24 bits per heavy atom. The zero-order chi connectivity index (χ0) is 12.3. The normalized spacial score (nSPS) is 12.9. The SMILES string of the molecule is CNc1ccc2[nH]c(C(C)CCCN)nc2n1. The van der Waals surface area contributed by atoms with Gasteiger partial charge in [0.1, 0.15) is 11.6 Å². The van der Waals surface area contributed by atoms with E-state index >= 15 is 0 Å². The molecule has 0 aliphatic carbocycles. The average Bonchev–Trinajstić information content (AvgIpc) is 2.78. The second-order valence-corrected chi connectivity index (χ2v) is 4.27. The number of hydrogen-bond acceptors (Lipinski definition) is 4. The van der Waals surface area contributed by atoms with E-state index in [0.717, 1.165) is 42.2 Å². The molecular weight excluding hydrogens is 214 g/mol. The van der Waals surface area contributed by atoms with Gasteiger partial charge in [0.15, 0.2) is 5.65 Å². The lowest BCUT2D eigenvalue weighted by Crippen LogP contribution is -2.03. The Balaban J connectivity index is 2.24. The van der Waals surface area contributed by atoms with E-state index in [1.54, 1.807) is 0 Å². The van der Waals surface area contributed by atoms with Crippen LogP contribution in [0.2, 0.25) is 0 Å². The molecule has 0 aliphatic heterocycles. The largest absolute Gasteiger partial charge is 0.373 e. The van der Waals surface area contributed by atoms with Crippen LogP contribution in [-0.2, 0) is 0 Å². The monoisotopic (exact) mass is 233 g/mol. The van der Waals surface area contributed by atoms with Gasteiger partial charge in [-0.2, -0.15) is 0 Å². The number of imidazole rings is 1. The fraction of sp³-hybridized carbons (Fsp3) is 0.500. The van der Waals surface area contributed by atoms with Gasteiger partial charge < -0.3 is 16.0 Å². The van der Waals surface area contributed by atoms with Crippen LogP contribution in [0.15, 0.2) is 12.1 Å². The van der Waals surface area contributed by atoms with Crippen molar-refractivity contribution in [2.24, 2.45) is 5.73 Å². The molecule has 0 saturated heterocycles. The molecule has 0 radical (unpaired) electrons. The number of H-pyrrole nitrogens is 1. The molecule has 5 heteroatoms. The molecule has 0 aromatic carbocycles. The number of hydrogen-bond donors (Lipinski definition) is 3. The zero-order valence-electron chi connectivity index (χ0n) is 10.3. The molecule has 1 unspecified atom stereocenters. The summed E-state index contributed by atoms with van der Waals surface area (Å²) < 4.78 is 0. The Labute approximate surface area is 101 Å². The van der Waals surface area contributed by atoms with Gasteiger partial charge in [-0.3, -0.25) is 0 Å². The lowest BCUT2D eigenvalue weighted by molar-refractivity contribution is 0.616. The molecule has 4 N–H and O–H groups in total. The first-order chi connectivity index (χ1) is 8.24. The van der Waals surface area contributed by atoms with Crippen LogP contribution in [-0.4, -0.2) is 28.5 Å². The molecular formula is C12H19N5. The molecule has 1 atom stereocenters. The molecule has 0 saturated carbocycles. The van der Waals surface area contributed by atoms with Gasteiger partial charge in [0.2, 0.25) is 0 Å². The van der Waals surface area contributed by atoms with Crippen LogP contribution in [0.3, 0.4) is 0 Å². The minimum absolute atomic E-state index is 0.394. The summed E-state index contributed by atoms with van der Waals surface area (Å²) in [6, 6.07) is 3.94. The number of aromatic nitrogens is 3. The lowest BCUT2D eigenvalue weighted by atomic mass is 10.1. The van der Waals surface area contributed by atoms with Crippen molar-refractivity contribution in [2.45, 2.75) is 25.7 Å². The first kappa shape index (κ1) is 11.9. The number of aromatic amines is 1. The van der Waals surface area contributed by atoms with E-state index in [9.17, 15) is 0 Å². The smallest absolute Gasteiger partial charge is 0.179 e. The van der Waals surface area contributed by atoms with E-state index in [1.807, 2.05) is 19.2 Å². The minimum Gasteiger partial charge on any atom is -0.373 e. The van der Waals surface area contributed by atoms with Gasteiger partial charge in [-0.1, -0.05) is 6.92 Å². The van der Waals surface area contributed by atoms with Crippen molar-refractivity contribution in [1.82, 2.24) is 15.0 Å². The van der Waals surface area contributed by atoms with Gasteiger partial charge in [0.05, 0.1) is 5.52 Å². The number of nitrogens with two attached hydrogens (primary N) is 1. The van der Waals surface area contributed by atoms with Crippen LogP contribution in [0.5, 0.6) is 0 Å². The van der Waals surface area contributed by atoms with Crippen molar-refractivity contribution in [1.29, 1.82) is 0 Å². The Morgan fingerprint density at radius 3 is 2.94 bits per heavy atom. The Hall–Kier alpha value is -1.62. The van der Waals surface area contributed by atoms with Gasteiger partial charge in [0, 0.05) is 13.0 Å². The number of rotatable bonds is 5. The van der Waals surface area contributed by atoms with Crippen molar-refractivity contribution in [3.05, 3.63) is 18.0 Å². The fourth-order valence-corrected chi connectivity index (χ4v) is 1.84. The maximum atomic E-state index is 5.52. The Bertz CT molecular complexity index is 491. The van der Waals surface area contributed by atoms with E-state index in [-0.39, 0.29) is 0 Å². The summed E-state index contributed by atoms with van der Waals surface area (Å²) in [4.78, 5) is 12.2. The fourth-order valence-electron chi connectivity index (χ4n) is 1.84. The number of nitrogens with one attached hydrogen (secondary N) is 2. The molecule has 0 amide bonds. The minimum atomic E-state index is 0.394. The Kier molecular flexibility index (Phi) is 3.58. The van der Waals surface area contributed by atoms with E-state index in [0.29, 0.717) is 5.92 Å². The van der Waals surface area contributed by atoms with Crippen LogP contribution in [0.1, 0.15) is 31.5 Å². The second-order valence-electron chi connectivity index (χ2n) is 4.27. The molecule has 2 aromatic rings. The van der Waals surface area contributed by atoms with Crippen LogP contribution in [0.4, 0.5) is 5.82 Å². The number of nitrogens with zero attached hydrogens (tertiary/aromatic N) is 2. The second kappa shape index (κ2) is 5.14. The van der Waals surface area contributed by atoms with E-state index < -0.39 is 0 Å². The van der Waals surface area contributed by atoms with E-state index in [4.69, 9.17) is 5.73 Å². The van der Waals surface area contributed by atoms with E-state index in [1.165, 1.54) is 0 Å². The van der Waals surface area contributed by atoms with Crippen molar-refractivity contribution in [3.63, 3.8) is 0 Å². The first-order valence-corrected chi connectivity index (χ1v) is 5.99. The summed E-state index contributed by atoms with van der Waals surface area (Å²) in [6.45, 7) is 2.89. The van der Waals surface area contributed by atoms with Crippen LogP contribution in [0.25, 0.3) is 11.2 Å². The standard InChI is InChI=1S/C12H19N5/c1-8(4-3-7-13)11-15-9-5-6-10(14-2)16-12(9)17-11/h5-6,8H,3-4,7,13H2,1-2H3,(H2,14,15,16,17). The van der Waals surface area contributed by atoms with Gasteiger partial charge in [-0.05, 0) is 31.5 Å². The molecule has 5 nitrogen and oxygen atoms in total. The van der Waals surface area contributed by atoms with Crippen LogP contribution < -0.4 is 11.1 Å². The third-order valence-electron chi connectivity index (χ3n) is 2.93. The van der Waals surface area contributed by atoms with Gasteiger partial charge >= 0.3 is 0 Å². The van der Waals surface area contributed by atoms with Crippen molar-refractivity contribution in [2.75, 3.05) is 18.9 Å². The molecule has 0 spiro atoms. The predicted molar refractivity (Wildman–Crippen MR) is 70.1 cm³/mol.